The van der Waals surface area contributed by atoms with Crippen LogP contribution in [0.1, 0.15) is 31.0 Å². The number of hydrogen-bond donors (Lipinski definition) is 3. The summed E-state index contributed by atoms with van der Waals surface area (Å²) in [4.78, 5) is 25.4. The van der Waals surface area contributed by atoms with Crippen LogP contribution in [-0.4, -0.2) is 38.0 Å². The third kappa shape index (κ3) is 7.23. The Bertz CT molecular complexity index is 704. The van der Waals surface area contributed by atoms with Gasteiger partial charge in [0.15, 0.2) is 13.1 Å². The van der Waals surface area contributed by atoms with Crippen molar-refractivity contribution in [2.75, 3.05) is 26.2 Å². The summed E-state index contributed by atoms with van der Waals surface area (Å²) in [6.45, 7) is 5.80. The van der Waals surface area contributed by atoms with E-state index in [0.717, 1.165) is 23.4 Å². The maximum atomic E-state index is 12.7. The van der Waals surface area contributed by atoms with E-state index in [9.17, 15) is 9.59 Å². The zero-order chi connectivity index (χ0) is 19.5. The molecule has 2 rings (SSSR count). The maximum Gasteiger partial charge on any atom is 0.275 e. The van der Waals surface area contributed by atoms with Crippen LogP contribution in [0.25, 0.3) is 0 Å². The summed E-state index contributed by atoms with van der Waals surface area (Å²) >= 11 is 0. The number of likely N-dealkylation sites (N-methyl/N-ethyl adjacent to an activating group) is 2. The molecule has 0 fully saturated rings. The third-order valence-electron chi connectivity index (χ3n) is 4.51. The summed E-state index contributed by atoms with van der Waals surface area (Å²) < 4.78 is 0. The lowest BCUT2D eigenvalue weighted by Crippen LogP contribution is -3.14. The fourth-order valence-corrected chi connectivity index (χ4v) is 3.06. The Labute approximate surface area is 161 Å². The van der Waals surface area contributed by atoms with E-state index < -0.39 is 0 Å². The van der Waals surface area contributed by atoms with E-state index in [1.165, 1.54) is 5.56 Å². The highest BCUT2D eigenvalue weighted by atomic mass is 16.2. The molecule has 0 saturated carbocycles. The van der Waals surface area contributed by atoms with E-state index in [2.05, 4.69) is 22.8 Å². The van der Waals surface area contributed by atoms with Gasteiger partial charge in [-0.25, -0.2) is 0 Å². The first kappa shape index (κ1) is 20.6. The summed E-state index contributed by atoms with van der Waals surface area (Å²) in [6, 6.07) is 20.1. The summed E-state index contributed by atoms with van der Waals surface area (Å²) in [6.07, 6.45) is 0.731. The van der Waals surface area contributed by atoms with E-state index in [1.54, 1.807) is 0 Å². The SMILES string of the molecule is CCNC(=O)C[NH+](CC)CC(=O)N[C@@H](Cc1ccccc1)c1ccccc1. The zero-order valence-electron chi connectivity index (χ0n) is 16.2. The Balaban J connectivity index is 2.03. The van der Waals surface area contributed by atoms with E-state index in [1.807, 2.05) is 62.4 Å². The normalized spacial score (nSPS) is 12.8. The highest BCUT2D eigenvalue weighted by Crippen LogP contribution is 2.18. The van der Waals surface area contributed by atoms with Gasteiger partial charge in [-0.2, -0.15) is 0 Å². The lowest BCUT2D eigenvalue weighted by atomic mass is 9.99. The number of amides is 2. The summed E-state index contributed by atoms with van der Waals surface area (Å²) in [5.74, 6) is -0.0630. The molecule has 2 aromatic carbocycles. The smallest absolute Gasteiger partial charge is 0.275 e. The lowest BCUT2D eigenvalue weighted by molar-refractivity contribution is -0.881. The third-order valence-corrected chi connectivity index (χ3v) is 4.51. The second kappa shape index (κ2) is 11.1. The molecule has 2 atom stereocenters. The Morgan fingerprint density at radius 1 is 0.889 bits per heavy atom. The molecule has 2 aromatic rings. The first-order valence-corrected chi connectivity index (χ1v) is 9.60. The van der Waals surface area contributed by atoms with Crippen LogP contribution in [0.2, 0.25) is 0 Å². The van der Waals surface area contributed by atoms with Crippen molar-refractivity contribution >= 4 is 11.8 Å². The number of rotatable bonds is 10. The van der Waals surface area contributed by atoms with Gasteiger partial charge in [0.05, 0.1) is 12.6 Å². The molecule has 5 nitrogen and oxygen atoms in total. The van der Waals surface area contributed by atoms with E-state index in [4.69, 9.17) is 0 Å². The van der Waals surface area contributed by atoms with Gasteiger partial charge in [0.25, 0.3) is 11.8 Å². The van der Waals surface area contributed by atoms with Crippen molar-refractivity contribution in [1.29, 1.82) is 0 Å². The van der Waals surface area contributed by atoms with Gasteiger partial charge in [-0.3, -0.25) is 9.59 Å². The van der Waals surface area contributed by atoms with Crippen molar-refractivity contribution in [3.05, 3.63) is 71.8 Å². The Kier molecular flexibility index (Phi) is 8.52. The number of hydrogen-bond acceptors (Lipinski definition) is 2. The molecule has 0 heterocycles. The number of nitrogens with one attached hydrogen (secondary N) is 3. The molecule has 0 aliphatic rings. The van der Waals surface area contributed by atoms with Crippen LogP contribution >= 0.6 is 0 Å². The molecule has 1 unspecified atom stereocenters. The van der Waals surface area contributed by atoms with Gasteiger partial charge in [0.1, 0.15) is 0 Å². The predicted octanol–water partition coefficient (Wildman–Crippen LogP) is 1.13. The minimum atomic E-state index is -0.0938. The number of benzene rings is 2. The van der Waals surface area contributed by atoms with Gasteiger partial charge in [0, 0.05) is 6.54 Å². The van der Waals surface area contributed by atoms with Crippen LogP contribution in [0, 0.1) is 0 Å². The lowest BCUT2D eigenvalue weighted by Gasteiger charge is -2.22. The van der Waals surface area contributed by atoms with Crippen LogP contribution < -0.4 is 15.5 Å². The Hall–Kier alpha value is -2.66. The minimum absolute atomic E-state index is 0.0222. The monoisotopic (exact) mass is 368 g/mol. The van der Waals surface area contributed by atoms with Crippen molar-refractivity contribution in [3.63, 3.8) is 0 Å². The van der Waals surface area contributed by atoms with Gasteiger partial charge >= 0.3 is 0 Å². The molecular weight excluding hydrogens is 338 g/mol. The fraction of sp³-hybridized carbons (Fsp3) is 0.364. The van der Waals surface area contributed by atoms with Crippen molar-refractivity contribution in [3.8, 4) is 0 Å². The first-order valence-electron chi connectivity index (χ1n) is 9.60. The molecule has 2 amide bonds. The van der Waals surface area contributed by atoms with E-state index in [-0.39, 0.29) is 24.4 Å². The maximum absolute atomic E-state index is 12.7. The standard InChI is InChI=1S/C22H29N3O2/c1-3-23-21(26)16-25(4-2)17-22(27)24-20(19-13-9-6-10-14-19)15-18-11-7-5-8-12-18/h5-14,20H,3-4,15-17H2,1-2H3,(H,23,26)(H,24,27)/p+1/t20-/m0/s1. The summed E-state index contributed by atoms with van der Waals surface area (Å²) in [5, 5.41) is 5.95. The molecule has 5 heteroatoms. The average Bonchev–Trinajstić information content (AvgIpc) is 2.68. The summed E-state index contributed by atoms with van der Waals surface area (Å²) in [7, 11) is 0. The highest BCUT2D eigenvalue weighted by Gasteiger charge is 2.20. The summed E-state index contributed by atoms with van der Waals surface area (Å²) in [5.41, 5.74) is 2.25. The molecule has 0 aromatic heterocycles. The van der Waals surface area contributed by atoms with Gasteiger partial charge < -0.3 is 15.5 Å². The number of carbonyl (C=O) groups is 2. The van der Waals surface area contributed by atoms with Crippen molar-refractivity contribution in [2.24, 2.45) is 0 Å². The molecule has 0 spiro atoms. The second-order valence-corrected chi connectivity index (χ2v) is 6.63. The molecule has 27 heavy (non-hydrogen) atoms. The van der Waals surface area contributed by atoms with Crippen LogP contribution in [0.15, 0.2) is 60.7 Å². The Morgan fingerprint density at radius 2 is 1.48 bits per heavy atom. The quantitative estimate of drug-likeness (QED) is 0.589. The zero-order valence-corrected chi connectivity index (χ0v) is 16.2. The van der Waals surface area contributed by atoms with Crippen LogP contribution in [0.3, 0.4) is 0 Å². The van der Waals surface area contributed by atoms with Crippen molar-refractivity contribution in [2.45, 2.75) is 26.3 Å². The predicted molar refractivity (Wildman–Crippen MR) is 107 cm³/mol. The number of quaternary nitrogens is 1. The van der Waals surface area contributed by atoms with E-state index in [0.29, 0.717) is 13.1 Å². The first-order chi connectivity index (χ1) is 13.1. The van der Waals surface area contributed by atoms with Crippen molar-refractivity contribution in [1.82, 2.24) is 10.6 Å². The highest BCUT2D eigenvalue weighted by molar-refractivity contribution is 5.79. The van der Waals surface area contributed by atoms with Crippen molar-refractivity contribution < 1.29 is 14.5 Å². The molecule has 0 bridgehead atoms. The van der Waals surface area contributed by atoms with E-state index >= 15 is 0 Å². The van der Waals surface area contributed by atoms with Crippen LogP contribution in [0.5, 0.6) is 0 Å². The van der Waals surface area contributed by atoms with Gasteiger partial charge in [-0.1, -0.05) is 60.7 Å². The second-order valence-electron chi connectivity index (χ2n) is 6.63. The molecule has 0 aliphatic heterocycles. The number of carbonyl (C=O) groups excluding carboxylic acids is 2. The minimum Gasteiger partial charge on any atom is -0.351 e. The van der Waals surface area contributed by atoms with Crippen LogP contribution in [-0.2, 0) is 16.0 Å². The fourth-order valence-electron chi connectivity index (χ4n) is 3.06. The largest absolute Gasteiger partial charge is 0.351 e. The average molecular weight is 369 g/mol. The van der Waals surface area contributed by atoms with Gasteiger partial charge in [-0.15, -0.1) is 0 Å². The topological polar surface area (TPSA) is 62.6 Å². The Morgan fingerprint density at radius 3 is 2.07 bits per heavy atom. The van der Waals surface area contributed by atoms with Crippen LogP contribution in [0.4, 0.5) is 0 Å². The molecule has 0 radical (unpaired) electrons. The molecule has 3 N–H and O–H groups in total. The molecular formula is C22H30N3O2+. The molecule has 0 aliphatic carbocycles. The molecule has 144 valence electrons. The van der Waals surface area contributed by atoms with Gasteiger partial charge in [-0.05, 0) is 31.4 Å². The molecule has 0 saturated heterocycles. The van der Waals surface area contributed by atoms with Gasteiger partial charge in [0.2, 0.25) is 0 Å².